The fourth-order valence-corrected chi connectivity index (χ4v) is 3.40. The molecule has 5 aromatic rings. The molecule has 0 atom stereocenters. The third-order valence-corrected chi connectivity index (χ3v) is 4.63. The molecule has 0 bridgehead atoms. The predicted octanol–water partition coefficient (Wildman–Crippen LogP) is 6.64. The summed E-state index contributed by atoms with van der Waals surface area (Å²) in [6.45, 7) is 2.85. The van der Waals surface area contributed by atoms with E-state index in [9.17, 15) is 4.79 Å². The molecule has 0 amide bonds. The van der Waals surface area contributed by atoms with Crippen molar-refractivity contribution < 1.29 is 34.4 Å². The number of furan rings is 1. The van der Waals surface area contributed by atoms with Gasteiger partial charge in [-0.25, -0.2) is 0 Å². The number of para-hydroxylation sites is 1. The smallest absolute Gasteiger partial charge is 0.155 e. The summed E-state index contributed by atoms with van der Waals surface area (Å²) in [5, 5.41) is 12.7. The van der Waals surface area contributed by atoms with Crippen molar-refractivity contribution in [2.24, 2.45) is 0 Å². The van der Waals surface area contributed by atoms with Crippen LogP contribution in [0.15, 0.2) is 89.2 Å². The molecule has 1 radical (unpaired) electrons. The average Bonchev–Trinajstić information content (AvgIpc) is 3.22. The van der Waals surface area contributed by atoms with Crippen LogP contribution in [0.1, 0.15) is 13.8 Å². The summed E-state index contributed by atoms with van der Waals surface area (Å²) < 4.78 is 5.73. The van der Waals surface area contributed by atoms with Crippen LogP contribution in [-0.2, 0) is 24.9 Å². The first-order valence-electron chi connectivity index (χ1n) is 9.58. The molecule has 0 spiro atoms. The van der Waals surface area contributed by atoms with Gasteiger partial charge in [-0.1, -0.05) is 41.3 Å². The Bertz CT molecular complexity index is 1400. The quantitative estimate of drug-likeness (QED) is 0.143. The Kier molecular flexibility index (Phi) is 7.01. The number of carbonyl (C=O) groups excluding carboxylic acids is 1. The summed E-state index contributed by atoms with van der Waals surface area (Å²) in [6.07, 6.45) is 2.89. The molecule has 3 aromatic carbocycles. The van der Waals surface area contributed by atoms with E-state index in [1.165, 1.54) is 25.3 Å². The molecule has 0 aliphatic heterocycles. The van der Waals surface area contributed by atoms with Crippen LogP contribution < -0.4 is 0 Å². The van der Waals surface area contributed by atoms with Gasteiger partial charge in [0.2, 0.25) is 0 Å². The van der Waals surface area contributed by atoms with Crippen molar-refractivity contribution >= 4 is 38.4 Å². The number of aliphatic hydroxyl groups is 1. The van der Waals surface area contributed by atoms with E-state index in [0.717, 1.165) is 38.5 Å². The zero-order chi connectivity index (χ0) is 21.1. The molecular weight excluding hydrogens is 567 g/mol. The van der Waals surface area contributed by atoms with E-state index in [1.54, 1.807) is 6.26 Å². The topological polar surface area (TPSA) is 63.3 Å². The second-order valence-electron chi connectivity index (χ2n) is 7.00. The summed E-state index contributed by atoms with van der Waals surface area (Å²) in [7, 11) is 0. The van der Waals surface area contributed by atoms with Crippen LogP contribution in [0.3, 0.4) is 0 Å². The number of hydrogen-bond acceptors (Lipinski definition) is 4. The normalized spacial score (nSPS) is 11.1. The molecule has 157 valence electrons. The van der Waals surface area contributed by atoms with Crippen LogP contribution in [0.2, 0.25) is 0 Å². The van der Waals surface area contributed by atoms with Crippen molar-refractivity contribution in [3.05, 3.63) is 90.9 Å². The molecule has 1 N–H and O–H groups in total. The van der Waals surface area contributed by atoms with Crippen molar-refractivity contribution in [1.82, 2.24) is 4.98 Å². The Labute approximate surface area is 193 Å². The van der Waals surface area contributed by atoms with Gasteiger partial charge in [0.05, 0.1) is 17.5 Å². The first-order chi connectivity index (χ1) is 14.5. The zero-order valence-electron chi connectivity index (χ0n) is 17.0. The van der Waals surface area contributed by atoms with Crippen LogP contribution in [0, 0.1) is 6.07 Å². The van der Waals surface area contributed by atoms with Crippen LogP contribution in [0.4, 0.5) is 0 Å². The van der Waals surface area contributed by atoms with Gasteiger partial charge >= 0.3 is 0 Å². The minimum Gasteiger partial charge on any atom is -0.512 e. The van der Waals surface area contributed by atoms with Crippen LogP contribution in [-0.4, -0.2) is 15.9 Å². The maximum atomic E-state index is 10.0. The summed E-state index contributed by atoms with van der Waals surface area (Å²) in [4.78, 5) is 14.9. The van der Waals surface area contributed by atoms with Crippen molar-refractivity contribution in [2.45, 2.75) is 13.8 Å². The molecule has 0 fully saturated rings. The number of pyridine rings is 1. The average molecular weight is 587 g/mol. The number of aliphatic hydroxyl groups excluding tert-OH is 1. The Morgan fingerprint density at radius 1 is 0.968 bits per heavy atom. The van der Waals surface area contributed by atoms with E-state index in [0.29, 0.717) is 0 Å². The van der Waals surface area contributed by atoms with E-state index in [1.807, 2.05) is 42.5 Å². The number of fused-ring (bicyclic) bond motifs is 4. The monoisotopic (exact) mass is 587 g/mol. The van der Waals surface area contributed by atoms with Crippen molar-refractivity contribution in [3.8, 4) is 11.3 Å². The van der Waals surface area contributed by atoms with Crippen molar-refractivity contribution in [2.75, 3.05) is 0 Å². The van der Waals surface area contributed by atoms with Gasteiger partial charge in [-0.2, -0.15) is 0 Å². The molecule has 31 heavy (non-hydrogen) atoms. The number of rotatable bonds is 2. The van der Waals surface area contributed by atoms with Crippen LogP contribution in [0.25, 0.3) is 43.9 Å². The number of allylic oxidation sites excluding steroid dienone is 2. The number of aromatic nitrogens is 1. The molecule has 5 rings (SSSR count). The summed E-state index contributed by atoms with van der Waals surface area (Å²) >= 11 is 0. The molecule has 0 aliphatic rings. The van der Waals surface area contributed by atoms with Gasteiger partial charge in [0.15, 0.2) is 5.78 Å². The van der Waals surface area contributed by atoms with Gasteiger partial charge in [-0.05, 0) is 32.0 Å². The summed E-state index contributed by atoms with van der Waals surface area (Å²) in [5.74, 6) is -0.0625. The molecular formula is C26H20IrNO3-. The Balaban J connectivity index is 0.000000299. The van der Waals surface area contributed by atoms with Crippen LogP contribution in [0.5, 0.6) is 0 Å². The van der Waals surface area contributed by atoms with Gasteiger partial charge < -0.3 is 9.52 Å². The number of ketones is 1. The molecule has 0 saturated carbocycles. The van der Waals surface area contributed by atoms with Crippen molar-refractivity contribution in [1.29, 1.82) is 0 Å². The van der Waals surface area contributed by atoms with E-state index in [-0.39, 0.29) is 31.6 Å². The molecule has 2 heterocycles. The maximum absolute atomic E-state index is 10.0. The third-order valence-electron chi connectivity index (χ3n) is 4.63. The van der Waals surface area contributed by atoms with Gasteiger partial charge in [0, 0.05) is 42.6 Å². The SMILES string of the molecule is CC(=O)/C=C(/C)O.[Ir].[c-]1c(-c2nc3ccccc3c3occc23)ccc2ccccc12. The van der Waals surface area contributed by atoms with Gasteiger partial charge in [0.25, 0.3) is 0 Å². The summed E-state index contributed by atoms with van der Waals surface area (Å²) in [6, 6.07) is 26.0. The standard InChI is InChI=1S/C21H12NO.C5H8O2.Ir/c1-2-6-15-13-16(10-9-14(15)5-1)20-18-11-12-23-21(18)17-7-3-4-8-19(17)22-20;1-4(6)3-5(2)7;/h1-12H;3,6H,1-2H3;/q-1;;/b;4-3-;. The van der Waals surface area contributed by atoms with E-state index in [4.69, 9.17) is 14.5 Å². The fraction of sp³-hybridized carbons (Fsp3) is 0.0769. The number of benzene rings is 3. The van der Waals surface area contributed by atoms with Gasteiger partial charge in [0.1, 0.15) is 5.58 Å². The molecule has 0 aliphatic carbocycles. The fourth-order valence-electron chi connectivity index (χ4n) is 3.40. The Morgan fingerprint density at radius 3 is 2.45 bits per heavy atom. The molecule has 2 aromatic heterocycles. The second-order valence-corrected chi connectivity index (χ2v) is 7.00. The molecule has 5 heteroatoms. The Hall–Kier alpha value is -3.27. The van der Waals surface area contributed by atoms with Gasteiger partial charge in [-0.15, -0.1) is 29.7 Å². The zero-order valence-corrected chi connectivity index (χ0v) is 19.4. The van der Waals surface area contributed by atoms with E-state index < -0.39 is 0 Å². The maximum Gasteiger partial charge on any atom is 0.155 e. The number of carbonyl (C=O) groups is 1. The number of hydrogen-bond donors (Lipinski definition) is 1. The van der Waals surface area contributed by atoms with E-state index >= 15 is 0 Å². The molecule has 0 unspecified atom stereocenters. The van der Waals surface area contributed by atoms with Gasteiger partial charge in [-0.3, -0.25) is 9.78 Å². The first kappa shape index (κ1) is 22.4. The van der Waals surface area contributed by atoms with Crippen molar-refractivity contribution in [3.63, 3.8) is 0 Å². The largest absolute Gasteiger partial charge is 0.512 e. The predicted molar refractivity (Wildman–Crippen MR) is 120 cm³/mol. The van der Waals surface area contributed by atoms with E-state index in [2.05, 4.69) is 30.3 Å². The second kappa shape index (κ2) is 9.69. The minimum atomic E-state index is -0.125. The molecule has 4 nitrogen and oxygen atoms in total. The Morgan fingerprint density at radius 2 is 1.71 bits per heavy atom. The number of nitrogens with zero attached hydrogens (tertiary/aromatic N) is 1. The van der Waals surface area contributed by atoms with Crippen LogP contribution >= 0.6 is 0 Å². The summed E-state index contributed by atoms with van der Waals surface area (Å²) in [5.41, 5.74) is 3.72. The minimum absolute atomic E-state index is 0. The third kappa shape index (κ3) is 4.90. The molecule has 0 saturated heterocycles. The first-order valence-corrected chi connectivity index (χ1v) is 9.58.